The van der Waals surface area contributed by atoms with Crippen molar-refractivity contribution in [1.82, 2.24) is 0 Å². The zero-order chi connectivity index (χ0) is 11.5. The van der Waals surface area contributed by atoms with Crippen LogP contribution in [-0.4, -0.2) is 12.6 Å². The summed E-state index contributed by atoms with van der Waals surface area (Å²) in [6.07, 6.45) is 0.879. The van der Waals surface area contributed by atoms with Gasteiger partial charge >= 0.3 is 5.97 Å². The van der Waals surface area contributed by atoms with Crippen LogP contribution >= 0.6 is 0 Å². The van der Waals surface area contributed by atoms with Crippen molar-refractivity contribution >= 4 is 5.97 Å². The Morgan fingerprint density at radius 1 is 1.44 bits per heavy atom. The average Bonchev–Trinajstić information content (AvgIpc) is 2.61. The molecule has 0 unspecified atom stereocenters. The molecular formula is C14H16O2. The number of esters is 1. The van der Waals surface area contributed by atoms with E-state index in [9.17, 15) is 4.79 Å². The van der Waals surface area contributed by atoms with Crippen LogP contribution in [0.25, 0.3) is 0 Å². The summed E-state index contributed by atoms with van der Waals surface area (Å²) in [6, 6.07) is 10.2. The first-order valence-electron chi connectivity index (χ1n) is 5.54. The standard InChI is InChI=1S/C14H16O2/c1-10(2)13-12(9-16-14(13)15)8-11-6-4-3-5-7-11/h3-7,12-13H,1,8-9H2,2H3/t12-,13+/m1/s1. The van der Waals surface area contributed by atoms with Gasteiger partial charge in [-0.15, -0.1) is 0 Å². The molecule has 0 amide bonds. The van der Waals surface area contributed by atoms with Crippen LogP contribution < -0.4 is 0 Å². The summed E-state index contributed by atoms with van der Waals surface area (Å²) in [7, 11) is 0. The second-order valence-corrected chi connectivity index (χ2v) is 4.40. The lowest BCUT2D eigenvalue weighted by Gasteiger charge is -2.14. The third-order valence-corrected chi connectivity index (χ3v) is 3.04. The van der Waals surface area contributed by atoms with E-state index in [0.717, 1.165) is 12.0 Å². The molecule has 1 saturated heterocycles. The van der Waals surface area contributed by atoms with Crippen LogP contribution in [0.15, 0.2) is 42.5 Å². The Balaban J connectivity index is 2.10. The molecule has 2 nitrogen and oxygen atoms in total. The highest BCUT2D eigenvalue weighted by molar-refractivity contribution is 5.77. The predicted octanol–water partition coefficient (Wildman–Crippen LogP) is 2.59. The van der Waals surface area contributed by atoms with Gasteiger partial charge in [-0.25, -0.2) is 0 Å². The quantitative estimate of drug-likeness (QED) is 0.573. The molecule has 2 heteroatoms. The first-order valence-corrected chi connectivity index (χ1v) is 5.54. The molecule has 2 atom stereocenters. The van der Waals surface area contributed by atoms with Gasteiger partial charge < -0.3 is 4.74 Å². The number of carbonyl (C=O) groups is 1. The van der Waals surface area contributed by atoms with Crippen molar-refractivity contribution in [2.45, 2.75) is 13.3 Å². The summed E-state index contributed by atoms with van der Waals surface area (Å²) in [4.78, 5) is 11.5. The Bertz CT molecular complexity index is 394. The molecule has 16 heavy (non-hydrogen) atoms. The minimum absolute atomic E-state index is 0.117. The maximum Gasteiger partial charge on any atom is 0.313 e. The molecule has 1 aromatic carbocycles. The number of hydrogen-bond acceptors (Lipinski definition) is 2. The van der Waals surface area contributed by atoms with Crippen molar-refractivity contribution in [1.29, 1.82) is 0 Å². The van der Waals surface area contributed by atoms with Crippen molar-refractivity contribution in [2.24, 2.45) is 11.8 Å². The fraction of sp³-hybridized carbons (Fsp3) is 0.357. The van der Waals surface area contributed by atoms with Crippen LogP contribution in [0.4, 0.5) is 0 Å². The van der Waals surface area contributed by atoms with Gasteiger partial charge in [-0.3, -0.25) is 4.79 Å². The van der Waals surface area contributed by atoms with Gasteiger partial charge in [0, 0.05) is 5.92 Å². The SMILES string of the molecule is C=C(C)[C@@H]1C(=O)OC[C@H]1Cc1ccccc1. The van der Waals surface area contributed by atoms with Gasteiger partial charge in [0.05, 0.1) is 12.5 Å². The fourth-order valence-electron chi connectivity index (χ4n) is 2.26. The molecule has 0 spiro atoms. The summed E-state index contributed by atoms with van der Waals surface area (Å²) in [5, 5.41) is 0. The Morgan fingerprint density at radius 3 is 2.75 bits per heavy atom. The maximum absolute atomic E-state index is 11.5. The van der Waals surface area contributed by atoms with Crippen molar-refractivity contribution in [3.05, 3.63) is 48.0 Å². The molecule has 1 aliphatic heterocycles. The van der Waals surface area contributed by atoms with E-state index in [4.69, 9.17) is 4.74 Å². The minimum Gasteiger partial charge on any atom is -0.465 e. The Kier molecular flexibility index (Phi) is 3.09. The molecule has 1 heterocycles. The van der Waals surface area contributed by atoms with E-state index in [1.165, 1.54) is 5.56 Å². The van der Waals surface area contributed by atoms with E-state index in [1.807, 2.05) is 25.1 Å². The maximum atomic E-state index is 11.5. The zero-order valence-electron chi connectivity index (χ0n) is 9.48. The van der Waals surface area contributed by atoms with Crippen LogP contribution in [0.1, 0.15) is 12.5 Å². The second-order valence-electron chi connectivity index (χ2n) is 4.40. The molecule has 1 aliphatic rings. The number of cyclic esters (lactones) is 1. The molecule has 0 aliphatic carbocycles. The monoisotopic (exact) mass is 216 g/mol. The van der Waals surface area contributed by atoms with E-state index < -0.39 is 0 Å². The fourth-order valence-corrected chi connectivity index (χ4v) is 2.26. The van der Waals surface area contributed by atoms with E-state index in [2.05, 4.69) is 18.7 Å². The number of benzene rings is 1. The smallest absolute Gasteiger partial charge is 0.313 e. The van der Waals surface area contributed by atoms with Crippen molar-refractivity contribution < 1.29 is 9.53 Å². The molecule has 84 valence electrons. The number of hydrogen-bond donors (Lipinski definition) is 0. The van der Waals surface area contributed by atoms with Crippen LogP contribution in [0.3, 0.4) is 0 Å². The van der Waals surface area contributed by atoms with Crippen molar-refractivity contribution in [2.75, 3.05) is 6.61 Å². The van der Waals surface area contributed by atoms with Gasteiger partial charge in [0.2, 0.25) is 0 Å². The summed E-state index contributed by atoms with van der Waals surface area (Å²) >= 11 is 0. The first-order chi connectivity index (χ1) is 7.68. The highest BCUT2D eigenvalue weighted by Gasteiger charge is 2.37. The number of carbonyl (C=O) groups excluding carboxylic acids is 1. The van der Waals surface area contributed by atoms with Crippen LogP contribution in [0.2, 0.25) is 0 Å². The predicted molar refractivity (Wildman–Crippen MR) is 62.9 cm³/mol. The molecule has 1 aromatic rings. The van der Waals surface area contributed by atoms with E-state index in [-0.39, 0.29) is 17.8 Å². The zero-order valence-corrected chi connectivity index (χ0v) is 9.48. The van der Waals surface area contributed by atoms with Gasteiger partial charge in [0.25, 0.3) is 0 Å². The largest absolute Gasteiger partial charge is 0.465 e. The average molecular weight is 216 g/mol. The summed E-state index contributed by atoms with van der Waals surface area (Å²) in [5.41, 5.74) is 2.15. The Hall–Kier alpha value is -1.57. The molecule has 0 saturated carbocycles. The summed E-state index contributed by atoms with van der Waals surface area (Å²) < 4.78 is 5.11. The van der Waals surface area contributed by atoms with Gasteiger partial charge in [-0.2, -0.15) is 0 Å². The van der Waals surface area contributed by atoms with Gasteiger partial charge in [-0.05, 0) is 18.9 Å². The molecular weight excluding hydrogens is 200 g/mol. The normalized spacial score (nSPS) is 24.2. The first kappa shape index (κ1) is 10.9. The lowest BCUT2D eigenvalue weighted by atomic mass is 9.85. The van der Waals surface area contributed by atoms with E-state index >= 15 is 0 Å². The summed E-state index contributed by atoms with van der Waals surface area (Å²) in [5.74, 6) is 0.000960. The van der Waals surface area contributed by atoms with Crippen molar-refractivity contribution in [3.63, 3.8) is 0 Å². The highest BCUT2D eigenvalue weighted by Crippen LogP contribution is 2.30. The summed E-state index contributed by atoms with van der Waals surface area (Å²) in [6.45, 7) is 6.30. The van der Waals surface area contributed by atoms with Crippen LogP contribution in [0, 0.1) is 11.8 Å². The third-order valence-electron chi connectivity index (χ3n) is 3.04. The third kappa shape index (κ3) is 2.16. The van der Waals surface area contributed by atoms with Gasteiger partial charge in [-0.1, -0.05) is 42.5 Å². The van der Waals surface area contributed by atoms with Crippen LogP contribution in [-0.2, 0) is 16.0 Å². The Morgan fingerprint density at radius 2 is 2.12 bits per heavy atom. The molecule has 0 bridgehead atoms. The molecule has 1 fully saturated rings. The number of rotatable bonds is 3. The van der Waals surface area contributed by atoms with E-state index in [0.29, 0.717) is 6.61 Å². The molecule has 0 aromatic heterocycles. The second kappa shape index (κ2) is 4.52. The molecule has 2 rings (SSSR count). The topological polar surface area (TPSA) is 26.3 Å². The van der Waals surface area contributed by atoms with Crippen LogP contribution in [0.5, 0.6) is 0 Å². The lowest BCUT2D eigenvalue weighted by molar-refractivity contribution is -0.140. The molecule has 0 radical (unpaired) electrons. The number of ether oxygens (including phenoxy) is 1. The lowest BCUT2D eigenvalue weighted by Crippen LogP contribution is -2.18. The van der Waals surface area contributed by atoms with E-state index in [1.54, 1.807) is 0 Å². The minimum atomic E-state index is -0.125. The molecule has 0 N–H and O–H groups in total. The van der Waals surface area contributed by atoms with Gasteiger partial charge in [0.15, 0.2) is 0 Å². The Labute approximate surface area is 95.9 Å². The van der Waals surface area contributed by atoms with Crippen molar-refractivity contribution in [3.8, 4) is 0 Å². The highest BCUT2D eigenvalue weighted by atomic mass is 16.5. The van der Waals surface area contributed by atoms with Gasteiger partial charge in [0.1, 0.15) is 0 Å².